The molecule has 0 spiro atoms. The number of benzene rings is 1. The van der Waals surface area contributed by atoms with Crippen LogP contribution in [0.4, 0.5) is 5.69 Å². The molecule has 1 fully saturated rings. The van der Waals surface area contributed by atoms with E-state index in [1.807, 2.05) is 24.3 Å². The van der Waals surface area contributed by atoms with Crippen molar-refractivity contribution in [2.45, 2.75) is 6.42 Å². The molecule has 1 aliphatic heterocycles. The normalized spacial score (nSPS) is 16.1. The predicted octanol–water partition coefficient (Wildman–Crippen LogP) is 1.16. The van der Waals surface area contributed by atoms with Gasteiger partial charge in [-0.2, -0.15) is 0 Å². The molecule has 20 heavy (non-hydrogen) atoms. The van der Waals surface area contributed by atoms with E-state index in [1.54, 1.807) is 0 Å². The molecule has 5 heteroatoms. The van der Waals surface area contributed by atoms with Crippen LogP contribution in [0, 0.1) is 0 Å². The largest absolute Gasteiger partial charge is 0.492 e. The van der Waals surface area contributed by atoms with Crippen LogP contribution in [-0.2, 0) is 4.74 Å². The lowest BCUT2D eigenvalue weighted by atomic mass is 10.3. The molecule has 0 amide bonds. The summed E-state index contributed by atoms with van der Waals surface area (Å²) in [5.41, 5.74) is 6.57. The summed E-state index contributed by atoms with van der Waals surface area (Å²) in [5, 5.41) is 3.32. The Bertz CT molecular complexity index is 364. The van der Waals surface area contributed by atoms with Gasteiger partial charge in [0.2, 0.25) is 0 Å². The number of hydrogen-bond acceptors (Lipinski definition) is 5. The van der Waals surface area contributed by atoms with Crippen LogP contribution >= 0.6 is 0 Å². The molecule has 0 atom stereocenters. The predicted molar refractivity (Wildman–Crippen MR) is 81.4 cm³/mol. The third kappa shape index (κ3) is 5.36. The smallest absolute Gasteiger partial charge is 0.119 e. The van der Waals surface area contributed by atoms with Crippen LogP contribution in [0.15, 0.2) is 24.3 Å². The Morgan fingerprint density at radius 1 is 1.20 bits per heavy atom. The van der Waals surface area contributed by atoms with E-state index in [9.17, 15) is 0 Å². The Morgan fingerprint density at radius 3 is 2.65 bits per heavy atom. The monoisotopic (exact) mass is 279 g/mol. The summed E-state index contributed by atoms with van der Waals surface area (Å²) in [7, 11) is 0. The van der Waals surface area contributed by atoms with E-state index in [-0.39, 0.29) is 0 Å². The first-order valence-electron chi connectivity index (χ1n) is 7.35. The van der Waals surface area contributed by atoms with Crippen molar-refractivity contribution >= 4 is 5.69 Å². The summed E-state index contributed by atoms with van der Waals surface area (Å²) >= 11 is 0. The molecule has 1 heterocycles. The van der Waals surface area contributed by atoms with Gasteiger partial charge in [0.05, 0.1) is 13.2 Å². The highest BCUT2D eigenvalue weighted by molar-refractivity contribution is 5.46. The molecule has 1 aromatic rings. The summed E-state index contributed by atoms with van der Waals surface area (Å²) < 4.78 is 11.1. The van der Waals surface area contributed by atoms with Crippen molar-refractivity contribution in [2.75, 3.05) is 57.9 Å². The van der Waals surface area contributed by atoms with E-state index in [0.29, 0.717) is 0 Å². The number of nitrogens with one attached hydrogen (secondary N) is 1. The Balaban J connectivity index is 1.65. The number of ether oxygens (including phenoxy) is 2. The van der Waals surface area contributed by atoms with E-state index < -0.39 is 0 Å². The molecule has 112 valence electrons. The summed E-state index contributed by atoms with van der Waals surface area (Å²) in [6.45, 7) is 7.00. The first-order chi connectivity index (χ1) is 9.88. The van der Waals surface area contributed by atoms with Crippen LogP contribution in [0.5, 0.6) is 5.75 Å². The minimum absolute atomic E-state index is 0.718. The molecule has 5 nitrogen and oxygen atoms in total. The lowest BCUT2D eigenvalue weighted by molar-refractivity contribution is 0.0322. The summed E-state index contributed by atoms with van der Waals surface area (Å²) in [6, 6.07) is 8.09. The molecule has 0 aliphatic carbocycles. The average Bonchev–Trinajstić information content (AvgIpc) is 2.50. The minimum atomic E-state index is 0.718. The van der Waals surface area contributed by atoms with Crippen molar-refractivity contribution in [3.8, 4) is 5.75 Å². The Kier molecular flexibility index (Phi) is 6.63. The van der Waals surface area contributed by atoms with Crippen LogP contribution in [0.2, 0.25) is 0 Å². The highest BCUT2D eigenvalue weighted by Gasteiger charge is 2.09. The topological polar surface area (TPSA) is 59.8 Å². The molecule has 0 aromatic heterocycles. The maximum Gasteiger partial charge on any atom is 0.119 e. The number of morpholine rings is 1. The quantitative estimate of drug-likeness (QED) is 0.699. The summed E-state index contributed by atoms with van der Waals surface area (Å²) in [5.74, 6) is 0.919. The Morgan fingerprint density at radius 2 is 1.95 bits per heavy atom. The first kappa shape index (κ1) is 15.1. The SMILES string of the molecule is NCCCNc1ccc(OCCN2CCOCC2)cc1. The van der Waals surface area contributed by atoms with E-state index in [0.717, 1.165) is 70.4 Å². The molecule has 0 saturated carbocycles. The van der Waals surface area contributed by atoms with E-state index in [2.05, 4.69) is 10.2 Å². The third-order valence-corrected chi connectivity index (χ3v) is 3.34. The van der Waals surface area contributed by atoms with Gasteiger partial charge in [-0.25, -0.2) is 0 Å². The number of nitrogens with two attached hydrogens (primary N) is 1. The van der Waals surface area contributed by atoms with Crippen molar-refractivity contribution in [2.24, 2.45) is 5.73 Å². The van der Waals surface area contributed by atoms with Gasteiger partial charge in [-0.05, 0) is 37.2 Å². The number of anilines is 1. The molecule has 1 aromatic carbocycles. The average molecular weight is 279 g/mol. The number of hydrogen-bond donors (Lipinski definition) is 2. The number of rotatable bonds is 8. The zero-order chi connectivity index (χ0) is 14.0. The van der Waals surface area contributed by atoms with Crippen molar-refractivity contribution in [1.29, 1.82) is 0 Å². The van der Waals surface area contributed by atoms with Crippen molar-refractivity contribution in [3.05, 3.63) is 24.3 Å². The second kappa shape index (κ2) is 8.79. The van der Waals surface area contributed by atoms with Gasteiger partial charge in [-0.3, -0.25) is 4.90 Å². The molecule has 1 aliphatic rings. The fourth-order valence-electron chi connectivity index (χ4n) is 2.12. The molecule has 0 unspecified atom stereocenters. The molecule has 0 radical (unpaired) electrons. The molecule has 2 rings (SSSR count). The van der Waals surface area contributed by atoms with Gasteiger partial charge in [0.15, 0.2) is 0 Å². The summed E-state index contributed by atoms with van der Waals surface area (Å²) in [4.78, 5) is 2.37. The maximum atomic E-state index is 5.76. The van der Waals surface area contributed by atoms with E-state index in [4.69, 9.17) is 15.2 Å². The zero-order valence-electron chi connectivity index (χ0n) is 12.0. The molecule has 3 N–H and O–H groups in total. The van der Waals surface area contributed by atoms with Gasteiger partial charge >= 0.3 is 0 Å². The van der Waals surface area contributed by atoms with Gasteiger partial charge < -0.3 is 20.5 Å². The minimum Gasteiger partial charge on any atom is -0.492 e. The van der Waals surface area contributed by atoms with Gasteiger partial charge in [0.1, 0.15) is 12.4 Å². The Hall–Kier alpha value is -1.30. The third-order valence-electron chi connectivity index (χ3n) is 3.34. The number of nitrogens with zero attached hydrogens (tertiary/aromatic N) is 1. The van der Waals surface area contributed by atoms with Crippen molar-refractivity contribution in [1.82, 2.24) is 4.90 Å². The van der Waals surface area contributed by atoms with Crippen molar-refractivity contribution < 1.29 is 9.47 Å². The molecular formula is C15H25N3O2. The standard InChI is InChI=1S/C15H25N3O2/c16-6-1-7-17-14-2-4-15(5-3-14)20-13-10-18-8-11-19-12-9-18/h2-5,17H,1,6-13,16H2. The summed E-state index contributed by atoms with van der Waals surface area (Å²) in [6.07, 6.45) is 0.984. The highest BCUT2D eigenvalue weighted by atomic mass is 16.5. The Labute approximate surface area is 121 Å². The molecule has 1 saturated heterocycles. The fourth-order valence-corrected chi connectivity index (χ4v) is 2.12. The van der Waals surface area contributed by atoms with Crippen LogP contribution in [0.3, 0.4) is 0 Å². The lowest BCUT2D eigenvalue weighted by Crippen LogP contribution is -2.38. The van der Waals surface area contributed by atoms with Gasteiger partial charge in [0, 0.05) is 31.9 Å². The highest BCUT2D eigenvalue weighted by Crippen LogP contribution is 2.15. The van der Waals surface area contributed by atoms with Crippen LogP contribution in [-0.4, -0.2) is 57.4 Å². The maximum absolute atomic E-state index is 5.76. The van der Waals surface area contributed by atoms with Gasteiger partial charge in [-0.15, -0.1) is 0 Å². The van der Waals surface area contributed by atoms with E-state index >= 15 is 0 Å². The van der Waals surface area contributed by atoms with Crippen molar-refractivity contribution in [3.63, 3.8) is 0 Å². The van der Waals surface area contributed by atoms with Crippen LogP contribution < -0.4 is 15.8 Å². The van der Waals surface area contributed by atoms with Crippen LogP contribution in [0.25, 0.3) is 0 Å². The first-order valence-corrected chi connectivity index (χ1v) is 7.35. The molecular weight excluding hydrogens is 254 g/mol. The fraction of sp³-hybridized carbons (Fsp3) is 0.600. The zero-order valence-corrected chi connectivity index (χ0v) is 12.0. The lowest BCUT2D eigenvalue weighted by Gasteiger charge is -2.26. The van der Waals surface area contributed by atoms with E-state index in [1.165, 1.54) is 0 Å². The van der Waals surface area contributed by atoms with Gasteiger partial charge in [0.25, 0.3) is 0 Å². The second-order valence-corrected chi connectivity index (χ2v) is 4.90. The molecule has 0 bridgehead atoms. The van der Waals surface area contributed by atoms with Crippen LogP contribution in [0.1, 0.15) is 6.42 Å². The second-order valence-electron chi connectivity index (χ2n) is 4.90. The van der Waals surface area contributed by atoms with Gasteiger partial charge in [-0.1, -0.05) is 0 Å².